The molecule has 1 nitrogen and oxygen atoms in total. The first-order chi connectivity index (χ1) is 9.20. The Morgan fingerprint density at radius 1 is 0.789 bits per heavy atom. The van der Waals surface area contributed by atoms with Gasteiger partial charge in [-0.2, -0.15) is 0 Å². The van der Waals surface area contributed by atoms with E-state index >= 15 is 0 Å². The Morgan fingerprint density at radius 3 is 1.53 bits per heavy atom. The van der Waals surface area contributed by atoms with Crippen molar-refractivity contribution in [1.82, 2.24) is 4.57 Å². The summed E-state index contributed by atoms with van der Waals surface area (Å²) in [5.74, 6) is 0. The highest BCUT2D eigenvalue weighted by Crippen LogP contribution is 2.31. The standard InChI is InChI=1S/C15H15N.C3H8/c1-11(2)16-14-9-5-3-7-12(14)13-8-4-6-10-15(13)16;1-3-2/h3-11H,1-2H3;3H2,1-2H3. The van der Waals surface area contributed by atoms with Gasteiger partial charge < -0.3 is 4.57 Å². The second-order valence-electron chi connectivity index (χ2n) is 5.21. The molecule has 100 valence electrons. The van der Waals surface area contributed by atoms with Crippen molar-refractivity contribution in [3.8, 4) is 0 Å². The number of aromatic nitrogens is 1. The number of fused-ring (bicyclic) bond motifs is 3. The number of hydrogen-bond acceptors (Lipinski definition) is 0. The third-order valence-corrected chi connectivity index (χ3v) is 3.13. The Morgan fingerprint density at radius 2 is 1.16 bits per heavy atom. The fourth-order valence-electron chi connectivity index (χ4n) is 2.51. The van der Waals surface area contributed by atoms with Crippen LogP contribution in [0.5, 0.6) is 0 Å². The van der Waals surface area contributed by atoms with E-state index in [1.165, 1.54) is 28.2 Å². The number of nitrogens with zero attached hydrogens (tertiary/aromatic N) is 1. The Bertz CT molecular complexity index is 608. The smallest absolute Gasteiger partial charge is 0.0493 e. The van der Waals surface area contributed by atoms with Crippen molar-refractivity contribution >= 4 is 21.8 Å². The van der Waals surface area contributed by atoms with Gasteiger partial charge in [0.25, 0.3) is 0 Å². The van der Waals surface area contributed by atoms with Crippen LogP contribution in [0.4, 0.5) is 0 Å². The van der Waals surface area contributed by atoms with Crippen LogP contribution in [0.3, 0.4) is 0 Å². The maximum atomic E-state index is 2.41. The Hall–Kier alpha value is -1.76. The number of benzene rings is 2. The Labute approximate surface area is 115 Å². The number of hydrogen-bond donors (Lipinski definition) is 0. The first kappa shape index (κ1) is 13.7. The van der Waals surface area contributed by atoms with E-state index in [9.17, 15) is 0 Å². The minimum absolute atomic E-state index is 0.491. The molecule has 0 spiro atoms. The molecule has 0 aliphatic carbocycles. The molecule has 0 amide bonds. The molecule has 0 N–H and O–H groups in total. The van der Waals surface area contributed by atoms with Crippen molar-refractivity contribution in [2.45, 2.75) is 40.2 Å². The van der Waals surface area contributed by atoms with Gasteiger partial charge in [0.05, 0.1) is 0 Å². The van der Waals surface area contributed by atoms with Gasteiger partial charge in [0, 0.05) is 27.8 Å². The van der Waals surface area contributed by atoms with Gasteiger partial charge in [0.2, 0.25) is 0 Å². The van der Waals surface area contributed by atoms with E-state index in [-0.39, 0.29) is 0 Å². The maximum Gasteiger partial charge on any atom is 0.0493 e. The van der Waals surface area contributed by atoms with Crippen LogP contribution in [-0.2, 0) is 0 Å². The molecule has 1 heteroatoms. The second-order valence-corrected chi connectivity index (χ2v) is 5.21. The molecule has 0 bridgehead atoms. The van der Waals surface area contributed by atoms with Crippen LogP contribution in [-0.4, -0.2) is 4.57 Å². The molecule has 0 unspecified atom stereocenters. The zero-order chi connectivity index (χ0) is 13.8. The number of para-hydroxylation sites is 2. The predicted octanol–water partition coefficient (Wildman–Crippen LogP) is 5.79. The summed E-state index contributed by atoms with van der Waals surface area (Å²) in [6.07, 6.45) is 1.25. The van der Waals surface area contributed by atoms with Crippen molar-refractivity contribution in [1.29, 1.82) is 0 Å². The lowest BCUT2D eigenvalue weighted by atomic mass is 10.2. The third kappa shape index (κ3) is 2.51. The minimum atomic E-state index is 0.491. The van der Waals surface area contributed by atoms with Crippen molar-refractivity contribution in [3.63, 3.8) is 0 Å². The van der Waals surface area contributed by atoms with Crippen molar-refractivity contribution in [3.05, 3.63) is 48.5 Å². The molecule has 2 aromatic carbocycles. The van der Waals surface area contributed by atoms with Crippen molar-refractivity contribution < 1.29 is 0 Å². The first-order valence-electron chi connectivity index (χ1n) is 7.18. The van der Waals surface area contributed by atoms with Gasteiger partial charge in [-0.3, -0.25) is 0 Å². The molecule has 0 radical (unpaired) electrons. The van der Waals surface area contributed by atoms with E-state index in [1.54, 1.807) is 0 Å². The molecule has 0 aliphatic rings. The van der Waals surface area contributed by atoms with E-state index in [0.29, 0.717) is 6.04 Å². The van der Waals surface area contributed by atoms with Crippen LogP contribution >= 0.6 is 0 Å². The van der Waals surface area contributed by atoms with Crippen LogP contribution < -0.4 is 0 Å². The Kier molecular flexibility index (Phi) is 4.26. The van der Waals surface area contributed by atoms with Gasteiger partial charge in [-0.05, 0) is 26.0 Å². The van der Waals surface area contributed by atoms with Gasteiger partial charge in [0.15, 0.2) is 0 Å². The summed E-state index contributed by atoms with van der Waals surface area (Å²) in [5.41, 5.74) is 2.66. The molecular formula is C18H23N. The lowest BCUT2D eigenvalue weighted by molar-refractivity contribution is 0.642. The van der Waals surface area contributed by atoms with Gasteiger partial charge >= 0.3 is 0 Å². The molecule has 19 heavy (non-hydrogen) atoms. The number of rotatable bonds is 1. The topological polar surface area (TPSA) is 4.93 Å². The zero-order valence-electron chi connectivity index (χ0n) is 12.4. The van der Waals surface area contributed by atoms with Crippen molar-refractivity contribution in [2.24, 2.45) is 0 Å². The predicted molar refractivity (Wildman–Crippen MR) is 85.8 cm³/mol. The van der Waals surface area contributed by atoms with Crippen LogP contribution in [0, 0.1) is 0 Å². The molecule has 1 heterocycles. The largest absolute Gasteiger partial charge is 0.338 e. The van der Waals surface area contributed by atoms with Crippen LogP contribution in [0.15, 0.2) is 48.5 Å². The molecule has 0 saturated heterocycles. The summed E-state index contributed by atoms with van der Waals surface area (Å²) < 4.78 is 2.41. The summed E-state index contributed by atoms with van der Waals surface area (Å²) in [7, 11) is 0. The highest BCUT2D eigenvalue weighted by molar-refractivity contribution is 6.08. The summed E-state index contributed by atoms with van der Waals surface area (Å²) in [6.45, 7) is 8.72. The second kappa shape index (κ2) is 5.92. The lowest BCUT2D eigenvalue weighted by Crippen LogP contribution is -1.99. The summed E-state index contributed by atoms with van der Waals surface area (Å²) >= 11 is 0. The molecule has 3 rings (SSSR count). The molecule has 3 aromatic rings. The van der Waals surface area contributed by atoms with Crippen LogP contribution in [0.25, 0.3) is 21.8 Å². The molecule has 0 atom stereocenters. The average molecular weight is 253 g/mol. The fraction of sp³-hybridized carbons (Fsp3) is 0.333. The van der Waals surface area contributed by atoms with Gasteiger partial charge in [-0.25, -0.2) is 0 Å². The van der Waals surface area contributed by atoms with Crippen molar-refractivity contribution in [2.75, 3.05) is 0 Å². The average Bonchev–Trinajstić information content (AvgIpc) is 2.74. The highest BCUT2D eigenvalue weighted by Gasteiger charge is 2.10. The Balaban J connectivity index is 0.000000408. The highest BCUT2D eigenvalue weighted by atomic mass is 15.0. The van der Waals surface area contributed by atoms with E-state index in [2.05, 4.69) is 80.8 Å². The normalized spacial score (nSPS) is 10.8. The van der Waals surface area contributed by atoms with E-state index < -0.39 is 0 Å². The van der Waals surface area contributed by atoms with E-state index in [0.717, 1.165) is 0 Å². The van der Waals surface area contributed by atoms with E-state index in [1.807, 2.05) is 0 Å². The molecule has 0 saturated carbocycles. The molecule has 0 fully saturated rings. The quantitative estimate of drug-likeness (QED) is 0.517. The maximum absolute atomic E-state index is 2.41. The minimum Gasteiger partial charge on any atom is -0.338 e. The SMILES string of the molecule is CC(C)n1c2ccccc2c2ccccc21.CCC. The van der Waals surface area contributed by atoms with Gasteiger partial charge in [0.1, 0.15) is 0 Å². The summed E-state index contributed by atoms with van der Waals surface area (Å²) in [4.78, 5) is 0. The van der Waals surface area contributed by atoms with Crippen LogP contribution in [0.1, 0.15) is 40.2 Å². The van der Waals surface area contributed by atoms with Gasteiger partial charge in [-0.15, -0.1) is 0 Å². The van der Waals surface area contributed by atoms with Crippen LogP contribution in [0.2, 0.25) is 0 Å². The molecule has 0 aliphatic heterocycles. The van der Waals surface area contributed by atoms with Gasteiger partial charge in [-0.1, -0.05) is 56.7 Å². The lowest BCUT2D eigenvalue weighted by Gasteiger charge is -2.10. The van der Waals surface area contributed by atoms with E-state index in [4.69, 9.17) is 0 Å². The summed E-state index contributed by atoms with van der Waals surface area (Å²) in [6, 6.07) is 17.8. The summed E-state index contributed by atoms with van der Waals surface area (Å²) in [5, 5.41) is 2.71. The third-order valence-electron chi connectivity index (χ3n) is 3.13. The fourth-order valence-corrected chi connectivity index (χ4v) is 2.51. The zero-order valence-corrected chi connectivity index (χ0v) is 12.4. The molecule has 1 aromatic heterocycles. The molecular weight excluding hydrogens is 230 g/mol. The monoisotopic (exact) mass is 253 g/mol. The first-order valence-corrected chi connectivity index (χ1v) is 7.18.